The van der Waals surface area contributed by atoms with E-state index >= 15 is 0 Å². The van der Waals surface area contributed by atoms with Crippen LogP contribution >= 0.6 is 0 Å². The summed E-state index contributed by atoms with van der Waals surface area (Å²) >= 11 is 0. The van der Waals surface area contributed by atoms with Crippen LogP contribution < -0.4 is 5.32 Å². The average Bonchev–Trinajstić information content (AvgIpc) is 3.05. The van der Waals surface area contributed by atoms with Crippen LogP contribution in [0.4, 0.5) is 0 Å². The third-order valence-corrected chi connectivity index (χ3v) is 9.49. The highest BCUT2D eigenvalue weighted by Gasteiger charge is 2.63. The van der Waals surface area contributed by atoms with Gasteiger partial charge in [0.05, 0.1) is 5.71 Å². The highest BCUT2D eigenvalue weighted by atomic mass is 16.6. The van der Waals surface area contributed by atoms with Crippen LogP contribution in [-0.4, -0.2) is 46.1 Å². The highest BCUT2D eigenvalue weighted by Crippen LogP contribution is 2.67. The van der Waals surface area contributed by atoms with Crippen LogP contribution in [0.5, 0.6) is 0 Å². The van der Waals surface area contributed by atoms with Gasteiger partial charge in [0, 0.05) is 5.41 Å². The zero-order valence-electron chi connectivity index (χ0n) is 19.9. The van der Waals surface area contributed by atoms with Crippen molar-refractivity contribution in [3.8, 4) is 12.3 Å². The van der Waals surface area contributed by atoms with Crippen molar-refractivity contribution in [1.29, 1.82) is 0 Å². The summed E-state index contributed by atoms with van der Waals surface area (Å²) in [6, 6.07) is -0.963. The minimum absolute atomic E-state index is 0.119. The summed E-state index contributed by atoms with van der Waals surface area (Å²) < 4.78 is 0. The van der Waals surface area contributed by atoms with Gasteiger partial charge in [-0.25, -0.2) is 0 Å². The summed E-state index contributed by atoms with van der Waals surface area (Å²) in [6.45, 7) is 5.70. The number of carboxylic acids is 1. The Kier molecular flexibility index (Phi) is 6.11. The number of terminal acetylenes is 1. The summed E-state index contributed by atoms with van der Waals surface area (Å²) in [5.74, 6) is 2.80. The van der Waals surface area contributed by atoms with Gasteiger partial charge in [0.15, 0.2) is 6.61 Å². The lowest BCUT2D eigenvalue weighted by atomic mass is 9.46. The van der Waals surface area contributed by atoms with E-state index in [1.54, 1.807) is 0 Å². The molecule has 180 valence electrons. The number of allylic oxidation sites excluding steroid dienone is 2. The molecular formula is C26H36N2O5. The molecule has 0 bridgehead atoms. The number of rotatable bonds is 5. The molecular weight excluding hydrogens is 420 g/mol. The van der Waals surface area contributed by atoms with Crippen molar-refractivity contribution in [2.45, 2.75) is 83.8 Å². The number of carboxylic acid groups (broad SMARTS) is 1. The summed E-state index contributed by atoms with van der Waals surface area (Å²) in [4.78, 5) is 27.9. The first kappa shape index (κ1) is 23.8. The van der Waals surface area contributed by atoms with Crippen molar-refractivity contribution in [3.63, 3.8) is 0 Å². The van der Waals surface area contributed by atoms with E-state index in [1.165, 1.54) is 12.5 Å². The molecule has 3 saturated carbocycles. The number of aliphatic hydroxyl groups is 1. The Morgan fingerprint density at radius 2 is 1.97 bits per heavy atom. The first-order valence-electron chi connectivity index (χ1n) is 12.2. The Bertz CT molecular complexity index is 935. The maximum Gasteiger partial charge on any atom is 0.325 e. The molecule has 3 N–H and O–H groups in total. The van der Waals surface area contributed by atoms with Gasteiger partial charge in [-0.2, -0.15) is 0 Å². The van der Waals surface area contributed by atoms with Gasteiger partial charge in [-0.3, -0.25) is 9.59 Å². The first-order chi connectivity index (χ1) is 15.5. The van der Waals surface area contributed by atoms with Crippen molar-refractivity contribution in [1.82, 2.24) is 5.32 Å². The molecule has 0 unspecified atom stereocenters. The van der Waals surface area contributed by atoms with E-state index in [4.69, 9.17) is 16.4 Å². The van der Waals surface area contributed by atoms with E-state index in [9.17, 15) is 14.7 Å². The van der Waals surface area contributed by atoms with Gasteiger partial charge in [0.2, 0.25) is 0 Å². The van der Waals surface area contributed by atoms with Crippen molar-refractivity contribution in [3.05, 3.63) is 11.6 Å². The van der Waals surface area contributed by atoms with E-state index in [-0.39, 0.29) is 17.4 Å². The number of hydrogen-bond donors (Lipinski definition) is 3. The molecule has 4 aliphatic rings. The van der Waals surface area contributed by atoms with E-state index < -0.39 is 23.5 Å². The number of nitrogens with one attached hydrogen (secondary N) is 1. The smallest absolute Gasteiger partial charge is 0.325 e. The van der Waals surface area contributed by atoms with Crippen molar-refractivity contribution in [2.24, 2.45) is 33.7 Å². The minimum atomic E-state index is -1.09. The minimum Gasteiger partial charge on any atom is -0.480 e. The molecule has 0 aromatic rings. The van der Waals surface area contributed by atoms with Gasteiger partial charge in [-0.15, -0.1) is 6.42 Å². The first-order valence-corrected chi connectivity index (χ1v) is 12.2. The Morgan fingerprint density at radius 1 is 1.24 bits per heavy atom. The second-order valence-electron chi connectivity index (χ2n) is 11.0. The van der Waals surface area contributed by atoms with Crippen LogP contribution in [0.2, 0.25) is 0 Å². The summed E-state index contributed by atoms with van der Waals surface area (Å²) in [5, 5.41) is 26.5. The number of carbonyl (C=O) groups excluding carboxylic acids is 1. The van der Waals surface area contributed by atoms with E-state index in [0.29, 0.717) is 24.2 Å². The maximum atomic E-state index is 11.8. The molecule has 0 heterocycles. The monoisotopic (exact) mass is 456 g/mol. The number of nitrogens with zero attached hydrogens (tertiary/aromatic N) is 1. The fourth-order valence-electron chi connectivity index (χ4n) is 7.41. The molecule has 4 aliphatic carbocycles. The number of amides is 1. The number of oxime groups is 1. The largest absolute Gasteiger partial charge is 0.480 e. The summed E-state index contributed by atoms with van der Waals surface area (Å²) in [7, 11) is 0. The number of hydrogen-bond acceptors (Lipinski definition) is 5. The lowest BCUT2D eigenvalue weighted by Gasteiger charge is -2.58. The molecule has 0 saturated heterocycles. The lowest BCUT2D eigenvalue weighted by molar-refractivity contribution is -0.142. The predicted octanol–water partition coefficient (Wildman–Crippen LogP) is 3.28. The van der Waals surface area contributed by atoms with Crippen LogP contribution in [0, 0.1) is 40.9 Å². The lowest BCUT2D eigenvalue weighted by Crippen LogP contribution is -2.54. The normalized spacial score (nSPS) is 41.6. The zero-order chi connectivity index (χ0) is 24.0. The van der Waals surface area contributed by atoms with Gasteiger partial charge in [0.25, 0.3) is 5.91 Å². The average molecular weight is 457 g/mol. The van der Waals surface area contributed by atoms with Gasteiger partial charge in [-0.05, 0) is 87.5 Å². The van der Waals surface area contributed by atoms with E-state index in [2.05, 4.69) is 36.3 Å². The summed E-state index contributed by atoms with van der Waals surface area (Å²) in [6.07, 6.45) is 15.6. The Labute approximate surface area is 196 Å². The zero-order valence-corrected chi connectivity index (χ0v) is 19.9. The Hall–Kier alpha value is -2.33. The topological polar surface area (TPSA) is 108 Å². The quantitative estimate of drug-likeness (QED) is 0.435. The molecule has 0 aliphatic heterocycles. The Morgan fingerprint density at radius 3 is 2.67 bits per heavy atom. The van der Waals surface area contributed by atoms with Gasteiger partial charge in [0.1, 0.15) is 11.6 Å². The fraction of sp³-hybridized carbons (Fsp3) is 0.731. The number of carbonyl (C=O) groups is 2. The number of fused-ring (bicyclic) bond motifs is 5. The SMILES string of the molecule is C#C[C@@]1(O)CC[C@H]2[C@@H]3CCC4=CC(=NOCC(=O)N[C@@H](C)C(=O)O)CC[C@]4(C)[C@H]3CC[C@@]21C. The van der Waals surface area contributed by atoms with Crippen molar-refractivity contribution < 1.29 is 24.6 Å². The third kappa shape index (κ3) is 3.86. The summed E-state index contributed by atoms with van der Waals surface area (Å²) in [5.41, 5.74) is 1.21. The molecule has 0 radical (unpaired) electrons. The van der Waals surface area contributed by atoms with Gasteiger partial charge in [-0.1, -0.05) is 30.5 Å². The molecule has 7 atom stereocenters. The molecule has 0 aromatic heterocycles. The highest BCUT2D eigenvalue weighted by molar-refractivity contribution is 5.96. The molecule has 33 heavy (non-hydrogen) atoms. The molecule has 3 fully saturated rings. The van der Waals surface area contributed by atoms with Crippen molar-refractivity contribution >= 4 is 17.6 Å². The van der Waals surface area contributed by atoms with Crippen LogP contribution in [0.1, 0.15) is 72.1 Å². The second-order valence-corrected chi connectivity index (χ2v) is 11.0. The van der Waals surface area contributed by atoms with Crippen LogP contribution in [0.15, 0.2) is 16.8 Å². The standard InChI is InChI=1S/C26H36N2O5/c1-5-26(32)13-10-21-19-7-6-17-14-18(28-33-15-22(29)27-16(2)23(30)31)8-11-24(17,3)20(19)9-12-25(21,26)4/h1,14,16,19-21,32H,6-13,15H2,2-4H3,(H,27,29)(H,30,31)/t16-,19+,20-,21-,24-,25-,26+/m0/s1. The van der Waals surface area contributed by atoms with Crippen LogP contribution in [-0.2, 0) is 14.4 Å². The molecule has 4 rings (SSSR count). The predicted molar refractivity (Wildman–Crippen MR) is 124 cm³/mol. The molecule has 0 aromatic carbocycles. The molecule has 7 heteroatoms. The van der Waals surface area contributed by atoms with Crippen molar-refractivity contribution in [2.75, 3.05) is 6.61 Å². The van der Waals surface area contributed by atoms with Gasteiger partial charge < -0.3 is 20.4 Å². The molecule has 1 amide bonds. The maximum absolute atomic E-state index is 11.8. The van der Waals surface area contributed by atoms with E-state index in [1.807, 2.05) is 0 Å². The fourth-order valence-corrected chi connectivity index (χ4v) is 7.41. The van der Waals surface area contributed by atoms with Crippen LogP contribution in [0.3, 0.4) is 0 Å². The number of aliphatic carboxylic acids is 1. The van der Waals surface area contributed by atoms with Crippen LogP contribution in [0.25, 0.3) is 0 Å². The second kappa shape index (κ2) is 8.47. The van der Waals surface area contributed by atoms with Gasteiger partial charge >= 0.3 is 5.97 Å². The molecule has 7 nitrogen and oxygen atoms in total. The Balaban J connectivity index is 1.43. The van der Waals surface area contributed by atoms with E-state index in [0.717, 1.165) is 50.7 Å². The third-order valence-electron chi connectivity index (χ3n) is 9.49. The molecule has 0 spiro atoms.